The molecule has 0 saturated heterocycles. The molecule has 0 amide bonds. The first-order valence-corrected chi connectivity index (χ1v) is 12.2. The van der Waals surface area contributed by atoms with Gasteiger partial charge < -0.3 is 0 Å². The first kappa shape index (κ1) is 28.8. The fourth-order valence-electron chi connectivity index (χ4n) is 3.34. The number of halogens is 2. The molecule has 6 heteroatoms. The Balaban J connectivity index is 3.66. The molecular weight excluding hydrogens is 390 g/mol. The molecule has 0 aromatic carbocycles. The van der Waals surface area contributed by atoms with Crippen LogP contribution in [0.1, 0.15) is 129 Å². The predicted molar refractivity (Wildman–Crippen MR) is 116 cm³/mol. The zero-order chi connectivity index (χ0) is 22.5. The van der Waals surface area contributed by atoms with Gasteiger partial charge in [0.25, 0.3) is 0 Å². The summed E-state index contributed by atoms with van der Waals surface area (Å²) in [4.78, 5) is 31.4. The zero-order valence-electron chi connectivity index (χ0n) is 19.3. The average Bonchev–Trinajstić information content (AvgIpc) is 2.75. The van der Waals surface area contributed by atoms with Crippen molar-refractivity contribution in [3.63, 3.8) is 0 Å². The predicted octanol–water partition coefficient (Wildman–Crippen LogP) is 7.73. The standard InChI is InChI=1S/C24H44F2O4/c1-3-5-7-9-11-13-15-17-19-21(25)23(27)29-30-24(28)22(26)20-18-16-14-12-10-8-6-4-2/h21-22H,3-20H2,1-2H3. The maximum atomic E-state index is 13.8. The first-order chi connectivity index (χ1) is 14.5. The lowest BCUT2D eigenvalue weighted by Gasteiger charge is -2.09. The van der Waals surface area contributed by atoms with Crippen molar-refractivity contribution in [3.05, 3.63) is 0 Å². The van der Waals surface area contributed by atoms with E-state index < -0.39 is 24.3 Å². The molecule has 0 aliphatic heterocycles. The highest BCUT2D eigenvalue weighted by Crippen LogP contribution is 2.15. The van der Waals surface area contributed by atoms with Crippen LogP contribution in [0, 0.1) is 0 Å². The molecule has 30 heavy (non-hydrogen) atoms. The van der Waals surface area contributed by atoms with Crippen molar-refractivity contribution in [2.75, 3.05) is 0 Å². The molecule has 2 unspecified atom stereocenters. The quantitative estimate of drug-likeness (QED) is 0.112. The summed E-state index contributed by atoms with van der Waals surface area (Å²) in [7, 11) is 0. The van der Waals surface area contributed by atoms with Crippen molar-refractivity contribution in [1.82, 2.24) is 0 Å². The third-order valence-corrected chi connectivity index (χ3v) is 5.34. The van der Waals surface area contributed by atoms with Gasteiger partial charge in [0.1, 0.15) is 0 Å². The lowest BCUT2D eigenvalue weighted by Crippen LogP contribution is -2.25. The molecule has 0 heterocycles. The summed E-state index contributed by atoms with van der Waals surface area (Å²) < 4.78 is 27.5. The molecule has 2 atom stereocenters. The Hall–Kier alpha value is -1.20. The lowest BCUT2D eigenvalue weighted by atomic mass is 10.1. The van der Waals surface area contributed by atoms with Crippen LogP contribution in [0.5, 0.6) is 0 Å². The van der Waals surface area contributed by atoms with Crippen LogP contribution in [0.15, 0.2) is 0 Å². The fraction of sp³-hybridized carbons (Fsp3) is 0.917. The third-order valence-electron chi connectivity index (χ3n) is 5.34. The number of unbranched alkanes of at least 4 members (excludes halogenated alkanes) is 14. The van der Waals surface area contributed by atoms with E-state index in [4.69, 9.17) is 0 Å². The van der Waals surface area contributed by atoms with Gasteiger partial charge in [-0.1, -0.05) is 104 Å². The zero-order valence-corrected chi connectivity index (χ0v) is 19.3. The van der Waals surface area contributed by atoms with Crippen molar-refractivity contribution in [3.8, 4) is 0 Å². The Morgan fingerprint density at radius 1 is 0.533 bits per heavy atom. The van der Waals surface area contributed by atoms with Gasteiger partial charge in [0.2, 0.25) is 12.3 Å². The van der Waals surface area contributed by atoms with E-state index >= 15 is 0 Å². The van der Waals surface area contributed by atoms with Gasteiger partial charge in [-0.3, -0.25) is 0 Å². The van der Waals surface area contributed by atoms with E-state index in [2.05, 4.69) is 23.6 Å². The Bertz CT molecular complexity index is 380. The molecule has 0 radical (unpaired) electrons. The van der Waals surface area contributed by atoms with Gasteiger partial charge >= 0.3 is 11.9 Å². The number of hydrogen-bond donors (Lipinski definition) is 0. The number of carbonyl (C=O) groups is 2. The second-order valence-corrected chi connectivity index (χ2v) is 8.27. The normalized spacial score (nSPS) is 13.1. The summed E-state index contributed by atoms with van der Waals surface area (Å²) in [5.74, 6) is -2.52. The summed E-state index contributed by atoms with van der Waals surface area (Å²) in [6.45, 7) is 4.34. The molecule has 0 aliphatic rings. The molecule has 4 nitrogen and oxygen atoms in total. The van der Waals surface area contributed by atoms with E-state index in [-0.39, 0.29) is 12.8 Å². The maximum Gasteiger partial charge on any atom is 0.389 e. The lowest BCUT2D eigenvalue weighted by molar-refractivity contribution is -0.266. The molecule has 0 spiro atoms. The van der Waals surface area contributed by atoms with Crippen LogP contribution in [-0.4, -0.2) is 24.3 Å². The molecule has 0 rings (SSSR count). The van der Waals surface area contributed by atoms with E-state index in [0.29, 0.717) is 12.8 Å². The van der Waals surface area contributed by atoms with Gasteiger partial charge in [0, 0.05) is 0 Å². The van der Waals surface area contributed by atoms with Crippen molar-refractivity contribution >= 4 is 11.9 Å². The van der Waals surface area contributed by atoms with Gasteiger partial charge in [-0.25, -0.2) is 28.1 Å². The molecule has 0 bridgehead atoms. The summed E-state index contributed by atoms with van der Waals surface area (Å²) in [5.41, 5.74) is 0. The van der Waals surface area contributed by atoms with E-state index in [1.807, 2.05) is 0 Å². The highest BCUT2D eigenvalue weighted by atomic mass is 19.1. The molecular formula is C24H44F2O4. The van der Waals surface area contributed by atoms with E-state index in [0.717, 1.165) is 38.5 Å². The number of hydrogen-bond acceptors (Lipinski definition) is 4. The van der Waals surface area contributed by atoms with Gasteiger partial charge in [-0.2, -0.15) is 0 Å². The van der Waals surface area contributed by atoms with Crippen LogP contribution in [-0.2, 0) is 19.4 Å². The Labute approximate surface area is 182 Å². The summed E-state index contributed by atoms with van der Waals surface area (Å²) in [5, 5.41) is 0. The highest BCUT2D eigenvalue weighted by molar-refractivity contribution is 5.77. The molecule has 0 saturated carbocycles. The van der Waals surface area contributed by atoms with Gasteiger partial charge in [0.15, 0.2) is 0 Å². The summed E-state index contributed by atoms with van der Waals surface area (Å²) in [6.07, 6.45) is 13.2. The van der Waals surface area contributed by atoms with Gasteiger partial charge in [-0.05, 0) is 25.7 Å². The van der Waals surface area contributed by atoms with Crippen LogP contribution in [0.25, 0.3) is 0 Å². The second-order valence-electron chi connectivity index (χ2n) is 8.27. The van der Waals surface area contributed by atoms with Crippen LogP contribution in [0.3, 0.4) is 0 Å². The minimum atomic E-state index is -1.84. The monoisotopic (exact) mass is 434 g/mol. The largest absolute Gasteiger partial charge is 0.389 e. The SMILES string of the molecule is CCCCCCCCCCC(F)C(=O)OOC(=O)C(F)CCCCCCCCCC. The van der Waals surface area contributed by atoms with Crippen LogP contribution in [0.4, 0.5) is 8.78 Å². The number of alkyl halides is 2. The van der Waals surface area contributed by atoms with Crippen LogP contribution < -0.4 is 0 Å². The molecule has 0 fully saturated rings. The van der Waals surface area contributed by atoms with Gasteiger partial charge in [0.05, 0.1) is 0 Å². The Morgan fingerprint density at radius 3 is 1.10 bits per heavy atom. The minimum Gasteiger partial charge on any atom is -0.244 e. The first-order valence-electron chi connectivity index (χ1n) is 12.2. The van der Waals surface area contributed by atoms with E-state index in [9.17, 15) is 18.4 Å². The van der Waals surface area contributed by atoms with Crippen LogP contribution in [0.2, 0.25) is 0 Å². The van der Waals surface area contributed by atoms with Crippen molar-refractivity contribution in [2.24, 2.45) is 0 Å². The van der Waals surface area contributed by atoms with Crippen LogP contribution >= 0.6 is 0 Å². The molecule has 0 aromatic heterocycles. The molecule has 0 aliphatic carbocycles. The topological polar surface area (TPSA) is 52.6 Å². The summed E-state index contributed by atoms with van der Waals surface area (Å²) >= 11 is 0. The summed E-state index contributed by atoms with van der Waals surface area (Å²) in [6, 6.07) is 0. The Morgan fingerprint density at radius 2 is 0.800 bits per heavy atom. The highest BCUT2D eigenvalue weighted by Gasteiger charge is 2.25. The molecule has 0 N–H and O–H groups in total. The van der Waals surface area contributed by atoms with Gasteiger partial charge in [-0.15, -0.1) is 0 Å². The van der Waals surface area contributed by atoms with Crippen molar-refractivity contribution in [1.29, 1.82) is 0 Å². The molecule has 178 valence electrons. The third kappa shape index (κ3) is 17.6. The maximum absolute atomic E-state index is 13.8. The van der Waals surface area contributed by atoms with E-state index in [1.54, 1.807) is 0 Å². The average molecular weight is 435 g/mol. The van der Waals surface area contributed by atoms with Crippen molar-refractivity contribution < 1.29 is 28.1 Å². The number of carbonyl (C=O) groups excluding carboxylic acids is 2. The van der Waals surface area contributed by atoms with Crippen molar-refractivity contribution in [2.45, 2.75) is 142 Å². The van der Waals surface area contributed by atoms with E-state index in [1.165, 1.54) is 51.4 Å². The minimum absolute atomic E-state index is 0.0304. The Kier molecular flexibility index (Phi) is 20.2. The molecule has 0 aromatic rings. The fourth-order valence-corrected chi connectivity index (χ4v) is 3.34. The number of rotatable bonds is 20. The smallest absolute Gasteiger partial charge is 0.244 e. The second kappa shape index (κ2) is 21.0.